The average molecular weight is 175 g/mol. The van der Waals surface area contributed by atoms with E-state index in [0.717, 1.165) is 12.2 Å². The van der Waals surface area contributed by atoms with Gasteiger partial charge in [0.1, 0.15) is 0 Å². The second-order valence-corrected chi connectivity index (χ2v) is 2.13. The smallest absolute Gasteiger partial charge is 0.328 e. The molecule has 0 aromatic rings. The Kier molecular flexibility index (Phi) is 5.28. The van der Waals surface area contributed by atoms with Crippen molar-refractivity contribution in [2.45, 2.75) is 0 Å². The van der Waals surface area contributed by atoms with Gasteiger partial charge in [-0.15, -0.1) is 0 Å². The van der Waals surface area contributed by atoms with Crippen molar-refractivity contribution >= 4 is 24.5 Å². The molecular weight excluding hydrogens is 166 g/mol. The van der Waals surface area contributed by atoms with E-state index in [1.807, 2.05) is 0 Å². The summed E-state index contributed by atoms with van der Waals surface area (Å²) < 4.78 is 0. The molecule has 0 fully saturated rings. The van der Waals surface area contributed by atoms with Crippen molar-refractivity contribution in [3.63, 3.8) is 0 Å². The van der Waals surface area contributed by atoms with Crippen LogP contribution in [0.2, 0.25) is 0 Å². The first-order chi connectivity index (χ1) is 5.16. The van der Waals surface area contributed by atoms with Crippen LogP contribution in [0.15, 0.2) is 12.2 Å². The minimum atomic E-state index is -1.13. The molecule has 0 heterocycles. The van der Waals surface area contributed by atoms with E-state index in [2.05, 4.69) is 17.9 Å². The molecule has 0 aliphatic heterocycles. The number of hydrogen-bond acceptors (Lipinski definition) is 3. The van der Waals surface area contributed by atoms with Gasteiger partial charge in [-0.2, -0.15) is 12.6 Å². The van der Waals surface area contributed by atoms with Gasteiger partial charge in [0.15, 0.2) is 0 Å². The van der Waals surface area contributed by atoms with Crippen molar-refractivity contribution in [1.29, 1.82) is 0 Å². The number of hydrogen-bond donors (Lipinski definition) is 3. The number of aliphatic carboxylic acids is 1. The molecule has 0 aliphatic carbocycles. The molecule has 4 nitrogen and oxygen atoms in total. The Bertz CT molecular complexity index is 179. The predicted octanol–water partition coefficient (Wildman–Crippen LogP) is -0.327. The molecule has 0 aromatic carbocycles. The first-order valence-electron chi connectivity index (χ1n) is 2.96. The predicted molar refractivity (Wildman–Crippen MR) is 43.6 cm³/mol. The van der Waals surface area contributed by atoms with E-state index < -0.39 is 11.9 Å². The van der Waals surface area contributed by atoms with Crippen molar-refractivity contribution in [3.05, 3.63) is 12.2 Å². The molecule has 5 heteroatoms. The van der Waals surface area contributed by atoms with Crippen LogP contribution in [-0.2, 0) is 9.59 Å². The van der Waals surface area contributed by atoms with E-state index in [1.165, 1.54) is 0 Å². The van der Waals surface area contributed by atoms with Crippen molar-refractivity contribution in [1.82, 2.24) is 5.32 Å². The fourth-order valence-electron chi connectivity index (χ4n) is 0.385. The highest BCUT2D eigenvalue weighted by Gasteiger charge is 1.93. The Morgan fingerprint density at radius 1 is 1.45 bits per heavy atom. The van der Waals surface area contributed by atoms with Gasteiger partial charge < -0.3 is 10.4 Å². The van der Waals surface area contributed by atoms with Crippen molar-refractivity contribution in [3.8, 4) is 0 Å². The third-order valence-electron chi connectivity index (χ3n) is 0.788. The van der Waals surface area contributed by atoms with Crippen LogP contribution in [-0.4, -0.2) is 29.3 Å². The first-order valence-corrected chi connectivity index (χ1v) is 3.59. The molecule has 0 unspecified atom stereocenters. The van der Waals surface area contributed by atoms with Gasteiger partial charge in [0.2, 0.25) is 5.91 Å². The third kappa shape index (κ3) is 6.92. The monoisotopic (exact) mass is 175 g/mol. The number of carbonyl (C=O) groups is 2. The number of amides is 1. The molecule has 0 aliphatic rings. The number of rotatable bonds is 4. The van der Waals surface area contributed by atoms with Gasteiger partial charge in [-0.3, -0.25) is 4.79 Å². The summed E-state index contributed by atoms with van der Waals surface area (Å²) in [6.07, 6.45) is 1.75. The summed E-state index contributed by atoms with van der Waals surface area (Å²) in [4.78, 5) is 20.5. The quantitative estimate of drug-likeness (QED) is 0.405. The van der Waals surface area contributed by atoms with Crippen LogP contribution < -0.4 is 5.32 Å². The van der Waals surface area contributed by atoms with Crippen LogP contribution in [0.25, 0.3) is 0 Å². The average Bonchev–Trinajstić information content (AvgIpc) is 1.97. The highest BCUT2D eigenvalue weighted by Crippen LogP contribution is 1.75. The second kappa shape index (κ2) is 5.79. The maximum absolute atomic E-state index is 10.6. The van der Waals surface area contributed by atoms with E-state index in [1.54, 1.807) is 0 Å². The van der Waals surface area contributed by atoms with Crippen molar-refractivity contribution < 1.29 is 14.7 Å². The molecule has 2 N–H and O–H groups in total. The molecule has 11 heavy (non-hydrogen) atoms. The zero-order valence-electron chi connectivity index (χ0n) is 5.78. The fraction of sp³-hybridized carbons (Fsp3) is 0.333. The molecule has 0 saturated heterocycles. The molecule has 0 atom stereocenters. The van der Waals surface area contributed by atoms with E-state index >= 15 is 0 Å². The van der Waals surface area contributed by atoms with E-state index in [9.17, 15) is 9.59 Å². The van der Waals surface area contributed by atoms with Gasteiger partial charge in [-0.1, -0.05) is 0 Å². The largest absolute Gasteiger partial charge is 0.478 e. The zero-order chi connectivity index (χ0) is 8.69. The third-order valence-corrected chi connectivity index (χ3v) is 1.01. The Hall–Kier alpha value is -0.970. The molecule has 0 saturated carbocycles. The SMILES string of the molecule is O=C(O)/C=C\C(=O)NCCS. The van der Waals surface area contributed by atoms with Gasteiger partial charge in [-0.25, -0.2) is 4.79 Å². The minimum absolute atomic E-state index is 0.415. The first kappa shape index (κ1) is 10.0. The standard InChI is InChI=1S/C6H9NO3S/c8-5(7-3-4-11)1-2-6(9)10/h1-2,11H,3-4H2,(H,7,8)(H,9,10)/b2-1-. The normalized spacial score (nSPS) is 9.91. The zero-order valence-corrected chi connectivity index (χ0v) is 6.67. The molecule has 0 aromatic heterocycles. The minimum Gasteiger partial charge on any atom is -0.478 e. The molecule has 0 bridgehead atoms. The maximum Gasteiger partial charge on any atom is 0.328 e. The van der Waals surface area contributed by atoms with Gasteiger partial charge in [0.25, 0.3) is 0 Å². The van der Waals surface area contributed by atoms with Crippen LogP contribution >= 0.6 is 12.6 Å². The summed E-state index contributed by atoms with van der Waals surface area (Å²) in [5.74, 6) is -1.01. The number of thiol groups is 1. The topological polar surface area (TPSA) is 66.4 Å². The molecule has 0 spiro atoms. The van der Waals surface area contributed by atoms with Crippen LogP contribution in [0.4, 0.5) is 0 Å². The summed E-state index contributed by atoms with van der Waals surface area (Å²) in [6, 6.07) is 0. The molecular formula is C6H9NO3S. The summed E-state index contributed by atoms with van der Waals surface area (Å²) in [5.41, 5.74) is 0. The Labute approximate surface area is 69.7 Å². The van der Waals surface area contributed by atoms with Crippen LogP contribution in [0.3, 0.4) is 0 Å². The maximum atomic E-state index is 10.6. The summed E-state index contributed by atoms with van der Waals surface area (Å²) in [7, 11) is 0. The van der Waals surface area contributed by atoms with Gasteiger partial charge in [-0.05, 0) is 0 Å². The van der Waals surface area contributed by atoms with Crippen LogP contribution in [0, 0.1) is 0 Å². The van der Waals surface area contributed by atoms with Crippen molar-refractivity contribution in [2.75, 3.05) is 12.3 Å². The lowest BCUT2D eigenvalue weighted by atomic mass is 10.4. The molecule has 0 radical (unpaired) electrons. The van der Waals surface area contributed by atoms with E-state index in [4.69, 9.17) is 5.11 Å². The number of carboxylic acid groups (broad SMARTS) is 1. The second-order valence-electron chi connectivity index (χ2n) is 1.69. The van der Waals surface area contributed by atoms with Crippen molar-refractivity contribution in [2.24, 2.45) is 0 Å². The van der Waals surface area contributed by atoms with Gasteiger partial charge in [0.05, 0.1) is 0 Å². The van der Waals surface area contributed by atoms with E-state index in [-0.39, 0.29) is 0 Å². The van der Waals surface area contributed by atoms with Crippen LogP contribution in [0.5, 0.6) is 0 Å². The fourth-order valence-corrected chi connectivity index (χ4v) is 0.497. The molecule has 1 amide bonds. The van der Waals surface area contributed by atoms with Gasteiger partial charge >= 0.3 is 5.97 Å². The molecule has 0 rings (SSSR count). The highest BCUT2D eigenvalue weighted by molar-refractivity contribution is 7.80. The summed E-state index contributed by atoms with van der Waals surface area (Å²) in [6.45, 7) is 0.436. The Balaban J connectivity index is 3.60. The van der Waals surface area contributed by atoms with Gasteiger partial charge in [0, 0.05) is 24.4 Å². The Morgan fingerprint density at radius 2 is 2.09 bits per heavy atom. The van der Waals surface area contributed by atoms with Crippen LogP contribution in [0.1, 0.15) is 0 Å². The number of nitrogens with one attached hydrogen (secondary N) is 1. The number of carbonyl (C=O) groups excluding carboxylic acids is 1. The Morgan fingerprint density at radius 3 is 2.55 bits per heavy atom. The number of carboxylic acids is 1. The summed E-state index contributed by atoms with van der Waals surface area (Å²) in [5, 5.41) is 10.5. The van der Waals surface area contributed by atoms with E-state index in [0.29, 0.717) is 12.3 Å². The summed E-state index contributed by atoms with van der Waals surface area (Å²) >= 11 is 3.85. The lowest BCUT2D eigenvalue weighted by molar-refractivity contribution is -0.131. The highest BCUT2D eigenvalue weighted by atomic mass is 32.1. The lowest BCUT2D eigenvalue weighted by Gasteiger charge is -1.95. The lowest BCUT2D eigenvalue weighted by Crippen LogP contribution is -2.23. The molecule has 62 valence electrons.